The molecule has 0 aliphatic rings. The predicted octanol–water partition coefficient (Wildman–Crippen LogP) is 3.52. The molecule has 7 nitrogen and oxygen atoms in total. The van der Waals surface area contributed by atoms with Gasteiger partial charge >= 0.3 is 0 Å². The number of carbonyl (C=O) groups is 1. The summed E-state index contributed by atoms with van der Waals surface area (Å²) in [7, 11) is 0. The Hall–Kier alpha value is -3.42. The molecule has 3 aromatic heterocycles. The van der Waals surface area contributed by atoms with Crippen LogP contribution in [0.15, 0.2) is 45.6 Å². The van der Waals surface area contributed by atoms with Crippen LogP contribution in [0.1, 0.15) is 43.5 Å². The Morgan fingerprint density at radius 3 is 2.60 bits per heavy atom. The largest absolute Gasteiger partial charge is 0.460 e. The van der Waals surface area contributed by atoms with Gasteiger partial charge < -0.3 is 9.73 Å². The number of nitrogens with one attached hydrogen (secondary N) is 1. The van der Waals surface area contributed by atoms with E-state index in [0.717, 1.165) is 16.8 Å². The summed E-state index contributed by atoms with van der Waals surface area (Å²) < 4.78 is 21.8. The Balaban J connectivity index is 1.70. The minimum absolute atomic E-state index is 0.241. The van der Waals surface area contributed by atoms with Crippen molar-refractivity contribution in [1.82, 2.24) is 19.5 Å². The van der Waals surface area contributed by atoms with E-state index in [1.54, 1.807) is 22.6 Å². The van der Waals surface area contributed by atoms with Gasteiger partial charge in [-0.15, -0.1) is 0 Å². The zero-order valence-electron chi connectivity index (χ0n) is 17.1. The maximum Gasteiger partial charge on any atom is 0.291 e. The van der Waals surface area contributed by atoms with E-state index in [1.165, 1.54) is 16.8 Å². The van der Waals surface area contributed by atoms with E-state index in [-0.39, 0.29) is 23.8 Å². The highest BCUT2D eigenvalue weighted by Gasteiger charge is 2.24. The van der Waals surface area contributed by atoms with E-state index in [2.05, 4.69) is 10.4 Å². The quantitative estimate of drug-likeness (QED) is 0.527. The molecule has 1 N–H and O–H groups in total. The number of rotatable bonds is 6. The van der Waals surface area contributed by atoms with Crippen molar-refractivity contribution in [1.29, 1.82) is 0 Å². The molecule has 0 fully saturated rings. The van der Waals surface area contributed by atoms with Gasteiger partial charge in [0.1, 0.15) is 29.0 Å². The van der Waals surface area contributed by atoms with E-state index >= 15 is 0 Å². The molecule has 0 spiro atoms. The standard InChI is InChI=1S/C22H23FN4O3/c1-4-16(21(28)24-12-14-6-8-15(23)9-7-14)27-22(29)18-11-19-17(10-13(3)30-19)26(18)20(5-2)25-27/h6-11,16H,4-5,12H2,1-3H3,(H,24,28). The summed E-state index contributed by atoms with van der Waals surface area (Å²) in [6.45, 7) is 5.88. The maximum atomic E-state index is 13.2. The molecule has 30 heavy (non-hydrogen) atoms. The molecule has 0 aliphatic carbocycles. The van der Waals surface area contributed by atoms with Crippen molar-refractivity contribution in [3.8, 4) is 0 Å². The van der Waals surface area contributed by atoms with Crippen LogP contribution < -0.4 is 10.9 Å². The lowest BCUT2D eigenvalue weighted by molar-refractivity contribution is -0.125. The first-order valence-corrected chi connectivity index (χ1v) is 9.98. The van der Waals surface area contributed by atoms with Crippen LogP contribution in [-0.4, -0.2) is 20.1 Å². The number of halogens is 1. The molecule has 0 saturated carbocycles. The highest BCUT2D eigenvalue weighted by atomic mass is 19.1. The summed E-state index contributed by atoms with van der Waals surface area (Å²) in [5.74, 6) is 0.784. The zero-order chi connectivity index (χ0) is 21.4. The molecule has 156 valence electrons. The van der Waals surface area contributed by atoms with Crippen LogP contribution in [0.5, 0.6) is 0 Å². The number of aromatic nitrogens is 3. The van der Waals surface area contributed by atoms with E-state index in [1.807, 2.05) is 26.8 Å². The third-order valence-electron chi connectivity index (χ3n) is 5.20. The molecular weight excluding hydrogens is 387 g/mol. The van der Waals surface area contributed by atoms with Gasteiger partial charge in [0, 0.05) is 25.1 Å². The Morgan fingerprint density at radius 1 is 1.20 bits per heavy atom. The van der Waals surface area contributed by atoms with Crippen LogP contribution in [0.25, 0.3) is 16.6 Å². The number of nitrogens with zero attached hydrogens (tertiary/aromatic N) is 3. The SMILES string of the molecule is CCc1nn(C(CC)C(=O)NCc2ccc(F)cc2)c(=O)c2cc3oc(C)cc3n12. The fraction of sp³-hybridized carbons (Fsp3) is 0.318. The first-order chi connectivity index (χ1) is 14.4. The van der Waals surface area contributed by atoms with Crippen molar-refractivity contribution in [2.75, 3.05) is 0 Å². The zero-order valence-corrected chi connectivity index (χ0v) is 17.1. The second kappa shape index (κ2) is 7.78. The molecule has 0 radical (unpaired) electrons. The van der Waals surface area contributed by atoms with Gasteiger partial charge in [-0.3, -0.25) is 14.0 Å². The highest BCUT2D eigenvalue weighted by molar-refractivity contribution is 5.83. The fourth-order valence-corrected chi connectivity index (χ4v) is 3.70. The van der Waals surface area contributed by atoms with Gasteiger partial charge in [-0.1, -0.05) is 26.0 Å². The minimum Gasteiger partial charge on any atom is -0.460 e. The van der Waals surface area contributed by atoms with E-state index in [0.29, 0.717) is 29.8 Å². The topological polar surface area (TPSA) is 81.5 Å². The molecule has 0 aliphatic heterocycles. The summed E-state index contributed by atoms with van der Waals surface area (Å²) in [5.41, 5.74) is 2.27. The van der Waals surface area contributed by atoms with Gasteiger partial charge in [0.05, 0.1) is 5.52 Å². The van der Waals surface area contributed by atoms with Crippen LogP contribution in [0.3, 0.4) is 0 Å². The Morgan fingerprint density at radius 2 is 1.93 bits per heavy atom. The van der Waals surface area contributed by atoms with E-state index in [4.69, 9.17) is 4.42 Å². The lowest BCUT2D eigenvalue weighted by Crippen LogP contribution is -2.39. The summed E-state index contributed by atoms with van der Waals surface area (Å²) in [6.07, 6.45) is 0.982. The summed E-state index contributed by atoms with van der Waals surface area (Å²) in [5, 5.41) is 7.35. The number of carbonyl (C=O) groups excluding carboxylic acids is 1. The second-order valence-electron chi connectivity index (χ2n) is 7.26. The molecule has 4 rings (SSSR count). The lowest BCUT2D eigenvalue weighted by atomic mass is 10.2. The smallest absolute Gasteiger partial charge is 0.291 e. The van der Waals surface area contributed by atoms with Gasteiger partial charge in [-0.2, -0.15) is 5.10 Å². The predicted molar refractivity (Wildman–Crippen MR) is 111 cm³/mol. The third kappa shape index (κ3) is 3.38. The van der Waals surface area contributed by atoms with Crippen LogP contribution in [0.2, 0.25) is 0 Å². The number of fused-ring (bicyclic) bond motifs is 3. The van der Waals surface area contributed by atoms with Gasteiger partial charge in [0.2, 0.25) is 5.91 Å². The first kappa shape index (κ1) is 19.9. The average Bonchev–Trinajstić information content (AvgIpc) is 3.26. The van der Waals surface area contributed by atoms with E-state index < -0.39 is 6.04 Å². The number of amides is 1. The molecule has 1 unspecified atom stereocenters. The normalized spacial score (nSPS) is 12.5. The molecule has 1 amide bonds. The highest BCUT2D eigenvalue weighted by Crippen LogP contribution is 2.24. The molecule has 3 heterocycles. The van der Waals surface area contributed by atoms with Crippen LogP contribution in [0.4, 0.5) is 4.39 Å². The van der Waals surface area contributed by atoms with Gasteiger partial charge in [0.15, 0.2) is 5.58 Å². The number of hydrogen-bond acceptors (Lipinski definition) is 4. The molecular formula is C22H23FN4O3. The number of aryl methyl sites for hydroxylation is 2. The van der Waals surface area contributed by atoms with Gasteiger partial charge in [-0.25, -0.2) is 9.07 Å². The van der Waals surface area contributed by atoms with E-state index in [9.17, 15) is 14.0 Å². The first-order valence-electron chi connectivity index (χ1n) is 9.98. The minimum atomic E-state index is -0.754. The number of hydrogen-bond donors (Lipinski definition) is 1. The number of furan rings is 1. The van der Waals surface area contributed by atoms with Crippen LogP contribution in [-0.2, 0) is 17.8 Å². The monoisotopic (exact) mass is 410 g/mol. The second-order valence-corrected chi connectivity index (χ2v) is 7.26. The number of benzene rings is 1. The lowest BCUT2D eigenvalue weighted by Gasteiger charge is -2.18. The van der Waals surface area contributed by atoms with Gasteiger partial charge in [0.25, 0.3) is 5.56 Å². The maximum absolute atomic E-state index is 13.2. The van der Waals surface area contributed by atoms with Crippen LogP contribution >= 0.6 is 0 Å². The molecule has 1 atom stereocenters. The van der Waals surface area contributed by atoms with Crippen molar-refractivity contribution in [2.24, 2.45) is 0 Å². The summed E-state index contributed by atoms with van der Waals surface area (Å²) >= 11 is 0. The molecule has 8 heteroatoms. The Labute approximate surface area is 172 Å². The summed E-state index contributed by atoms with van der Waals surface area (Å²) in [4.78, 5) is 26.0. The fourth-order valence-electron chi connectivity index (χ4n) is 3.70. The third-order valence-corrected chi connectivity index (χ3v) is 5.20. The Bertz CT molecular complexity index is 1280. The van der Waals surface area contributed by atoms with Gasteiger partial charge in [-0.05, 0) is 31.0 Å². The van der Waals surface area contributed by atoms with Crippen LogP contribution in [0, 0.1) is 12.7 Å². The van der Waals surface area contributed by atoms with Crippen molar-refractivity contribution >= 4 is 22.5 Å². The van der Waals surface area contributed by atoms with Crippen molar-refractivity contribution < 1.29 is 13.6 Å². The van der Waals surface area contributed by atoms with Crippen molar-refractivity contribution in [3.05, 3.63) is 69.7 Å². The molecule has 1 aromatic carbocycles. The van der Waals surface area contributed by atoms with Crippen molar-refractivity contribution in [3.63, 3.8) is 0 Å². The average molecular weight is 410 g/mol. The molecule has 0 saturated heterocycles. The Kier molecular flexibility index (Phi) is 5.15. The molecule has 0 bridgehead atoms. The van der Waals surface area contributed by atoms with Crippen molar-refractivity contribution in [2.45, 2.75) is 46.2 Å². The summed E-state index contributed by atoms with van der Waals surface area (Å²) in [6, 6.07) is 8.73. The molecule has 4 aromatic rings.